The summed E-state index contributed by atoms with van der Waals surface area (Å²) in [5.41, 5.74) is 0.588. The van der Waals surface area contributed by atoms with E-state index in [1.165, 1.54) is 0 Å². The molecule has 0 saturated carbocycles. The van der Waals surface area contributed by atoms with Gasteiger partial charge in [0.1, 0.15) is 5.75 Å². The number of hydrogen-bond acceptors (Lipinski definition) is 2. The Hall–Kier alpha value is -1.31. The molecule has 2 nitrogen and oxygen atoms in total. The van der Waals surface area contributed by atoms with E-state index in [2.05, 4.69) is 0 Å². The Morgan fingerprint density at radius 3 is 2.45 bits per heavy atom. The monoisotopic (exact) mass is 152 g/mol. The van der Waals surface area contributed by atoms with Crippen LogP contribution in [0.2, 0.25) is 0 Å². The maximum atomic E-state index is 10.3. The van der Waals surface area contributed by atoms with Gasteiger partial charge in [-0.05, 0) is 12.1 Å². The Balaban J connectivity index is 0.000001000. The van der Waals surface area contributed by atoms with Gasteiger partial charge in [-0.3, -0.25) is 4.79 Å². The lowest BCUT2D eigenvalue weighted by Gasteiger charge is -1.99. The predicted molar refractivity (Wildman–Crippen MR) is 45.1 cm³/mol. The van der Waals surface area contributed by atoms with Gasteiger partial charge in [-0.25, -0.2) is 0 Å². The van der Waals surface area contributed by atoms with Crippen LogP contribution in [0.15, 0.2) is 24.3 Å². The van der Waals surface area contributed by atoms with Gasteiger partial charge < -0.3 is 4.74 Å². The van der Waals surface area contributed by atoms with Crippen molar-refractivity contribution in [2.24, 2.45) is 0 Å². The first-order chi connectivity index (χ1) is 4.88. The maximum absolute atomic E-state index is 10.3. The first kappa shape index (κ1) is 9.69. The van der Waals surface area contributed by atoms with Crippen molar-refractivity contribution in [3.63, 3.8) is 0 Å². The van der Waals surface area contributed by atoms with Crippen LogP contribution in [0.5, 0.6) is 5.75 Å². The van der Waals surface area contributed by atoms with Gasteiger partial charge >= 0.3 is 0 Å². The van der Waals surface area contributed by atoms with Gasteiger partial charge in [-0.2, -0.15) is 0 Å². The van der Waals surface area contributed by atoms with E-state index in [4.69, 9.17) is 4.74 Å². The highest BCUT2D eigenvalue weighted by molar-refractivity contribution is 5.79. The fourth-order valence-corrected chi connectivity index (χ4v) is 0.764. The predicted octanol–water partition coefficient (Wildman–Crippen LogP) is 2.14. The summed E-state index contributed by atoms with van der Waals surface area (Å²) in [4.78, 5) is 10.3. The summed E-state index contributed by atoms with van der Waals surface area (Å²) in [5, 5.41) is 0. The Bertz CT molecular complexity index is 231. The summed E-state index contributed by atoms with van der Waals surface area (Å²) in [7, 11) is 1.54. The second kappa shape index (κ2) is 4.50. The normalized spacial score (nSPS) is 8.09. The van der Waals surface area contributed by atoms with E-state index in [-0.39, 0.29) is 7.43 Å². The molecule has 0 aromatic heterocycles. The van der Waals surface area contributed by atoms with Gasteiger partial charge in [0.05, 0.1) is 12.7 Å². The molecule has 0 aliphatic carbocycles. The molecule has 0 fully saturated rings. The summed E-state index contributed by atoms with van der Waals surface area (Å²) in [6.07, 6.45) is 0.777. The highest BCUT2D eigenvalue weighted by atomic mass is 16.5. The third kappa shape index (κ3) is 2.08. The molecular formula is C9H12O2. The maximum Gasteiger partial charge on any atom is 0.153 e. The van der Waals surface area contributed by atoms with Crippen molar-refractivity contribution < 1.29 is 9.53 Å². The van der Waals surface area contributed by atoms with Gasteiger partial charge in [0.15, 0.2) is 6.29 Å². The number of carbonyl (C=O) groups is 1. The standard InChI is InChI=1S/C8H8O2.CH4/c1-10-8-5-3-2-4-7(8)6-9;/h2-6H,1H3;1H4. The van der Waals surface area contributed by atoms with Crippen molar-refractivity contribution in [3.05, 3.63) is 29.8 Å². The highest BCUT2D eigenvalue weighted by Gasteiger charge is 1.96. The van der Waals surface area contributed by atoms with Gasteiger partial charge in [-0.1, -0.05) is 19.6 Å². The lowest BCUT2D eigenvalue weighted by Crippen LogP contribution is -1.88. The molecule has 0 bridgehead atoms. The van der Waals surface area contributed by atoms with Crippen LogP contribution in [-0.2, 0) is 0 Å². The lowest BCUT2D eigenvalue weighted by molar-refractivity contribution is 0.112. The molecule has 0 aliphatic heterocycles. The minimum Gasteiger partial charge on any atom is -0.496 e. The SMILES string of the molecule is C.COc1ccccc1C=O. The summed E-state index contributed by atoms with van der Waals surface area (Å²) < 4.78 is 4.90. The van der Waals surface area contributed by atoms with Crippen LogP contribution >= 0.6 is 0 Å². The molecule has 0 radical (unpaired) electrons. The van der Waals surface area contributed by atoms with Gasteiger partial charge in [0.25, 0.3) is 0 Å². The average Bonchev–Trinajstić information content (AvgIpc) is 2.04. The van der Waals surface area contributed by atoms with Crippen LogP contribution in [0.4, 0.5) is 0 Å². The molecule has 0 unspecified atom stereocenters. The molecule has 0 spiro atoms. The first-order valence-electron chi connectivity index (χ1n) is 2.96. The fourth-order valence-electron chi connectivity index (χ4n) is 0.764. The smallest absolute Gasteiger partial charge is 0.153 e. The zero-order valence-electron chi connectivity index (χ0n) is 5.70. The minimum atomic E-state index is 0. The van der Waals surface area contributed by atoms with Crippen LogP contribution in [0.3, 0.4) is 0 Å². The number of ether oxygens (including phenoxy) is 1. The van der Waals surface area contributed by atoms with Crippen LogP contribution in [0.1, 0.15) is 17.8 Å². The highest BCUT2D eigenvalue weighted by Crippen LogP contribution is 2.13. The molecule has 1 aromatic carbocycles. The van der Waals surface area contributed by atoms with E-state index in [1.807, 2.05) is 6.07 Å². The lowest BCUT2D eigenvalue weighted by atomic mass is 10.2. The Kier molecular flexibility index (Phi) is 3.96. The van der Waals surface area contributed by atoms with Crippen LogP contribution in [0.25, 0.3) is 0 Å². The van der Waals surface area contributed by atoms with Crippen molar-refractivity contribution in [2.75, 3.05) is 7.11 Å². The molecule has 1 rings (SSSR count). The Labute approximate surface area is 66.8 Å². The zero-order valence-corrected chi connectivity index (χ0v) is 5.70. The van der Waals surface area contributed by atoms with Gasteiger partial charge in [0.2, 0.25) is 0 Å². The van der Waals surface area contributed by atoms with E-state index >= 15 is 0 Å². The van der Waals surface area contributed by atoms with Crippen molar-refractivity contribution in [1.82, 2.24) is 0 Å². The molecule has 11 heavy (non-hydrogen) atoms. The summed E-state index contributed by atoms with van der Waals surface area (Å²) in [6, 6.07) is 7.09. The van der Waals surface area contributed by atoms with E-state index in [0.29, 0.717) is 11.3 Å². The van der Waals surface area contributed by atoms with Crippen molar-refractivity contribution >= 4 is 6.29 Å². The fraction of sp³-hybridized carbons (Fsp3) is 0.222. The Morgan fingerprint density at radius 1 is 1.36 bits per heavy atom. The van der Waals surface area contributed by atoms with Crippen molar-refractivity contribution in [1.29, 1.82) is 0 Å². The molecule has 0 amide bonds. The number of methoxy groups -OCH3 is 1. The summed E-state index contributed by atoms with van der Waals surface area (Å²) in [5.74, 6) is 0.623. The van der Waals surface area contributed by atoms with Gasteiger partial charge in [-0.15, -0.1) is 0 Å². The third-order valence-electron chi connectivity index (χ3n) is 1.27. The minimum absolute atomic E-state index is 0. The number of para-hydroxylation sites is 1. The quantitative estimate of drug-likeness (QED) is 0.607. The second-order valence-corrected chi connectivity index (χ2v) is 1.86. The molecule has 2 heteroatoms. The number of rotatable bonds is 2. The number of aldehydes is 1. The molecule has 0 atom stereocenters. The zero-order chi connectivity index (χ0) is 7.40. The van der Waals surface area contributed by atoms with Crippen LogP contribution < -0.4 is 4.74 Å². The number of carbonyl (C=O) groups excluding carboxylic acids is 1. The topological polar surface area (TPSA) is 26.3 Å². The number of benzene rings is 1. The Morgan fingerprint density at radius 2 is 2.00 bits per heavy atom. The molecule has 0 N–H and O–H groups in total. The van der Waals surface area contributed by atoms with E-state index < -0.39 is 0 Å². The summed E-state index contributed by atoms with van der Waals surface area (Å²) in [6.45, 7) is 0. The van der Waals surface area contributed by atoms with Crippen LogP contribution in [0, 0.1) is 0 Å². The second-order valence-electron chi connectivity index (χ2n) is 1.86. The van der Waals surface area contributed by atoms with Crippen molar-refractivity contribution in [2.45, 2.75) is 7.43 Å². The largest absolute Gasteiger partial charge is 0.496 e. The average molecular weight is 152 g/mol. The van der Waals surface area contributed by atoms with Crippen molar-refractivity contribution in [3.8, 4) is 5.75 Å². The number of hydrogen-bond donors (Lipinski definition) is 0. The van der Waals surface area contributed by atoms with E-state index in [0.717, 1.165) is 6.29 Å². The molecule has 60 valence electrons. The molecule has 0 aliphatic rings. The summed E-state index contributed by atoms with van der Waals surface area (Å²) >= 11 is 0. The van der Waals surface area contributed by atoms with E-state index in [9.17, 15) is 4.79 Å². The molecule has 0 heterocycles. The van der Waals surface area contributed by atoms with Gasteiger partial charge in [0, 0.05) is 0 Å². The third-order valence-corrected chi connectivity index (χ3v) is 1.27. The molecular weight excluding hydrogens is 140 g/mol. The van der Waals surface area contributed by atoms with E-state index in [1.54, 1.807) is 25.3 Å². The molecule has 0 saturated heterocycles. The first-order valence-corrected chi connectivity index (χ1v) is 2.96. The molecule has 1 aromatic rings. The van der Waals surface area contributed by atoms with Crippen LogP contribution in [-0.4, -0.2) is 13.4 Å².